The van der Waals surface area contributed by atoms with Gasteiger partial charge in [0.1, 0.15) is 11.6 Å². The highest BCUT2D eigenvalue weighted by atomic mass is 32.2. The number of ether oxygens (including phenoxy) is 1. The summed E-state index contributed by atoms with van der Waals surface area (Å²) in [6, 6.07) is 10.1. The van der Waals surface area contributed by atoms with Gasteiger partial charge in [-0.2, -0.15) is 0 Å². The van der Waals surface area contributed by atoms with Crippen molar-refractivity contribution in [3.63, 3.8) is 0 Å². The Kier molecular flexibility index (Phi) is 6.87. The standard InChI is InChI=1S/C21H25FN2O4S/c1-15-12-19(29(26,27)24-17-7-3-2-4-8-17)10-11-20(15)28-14-21(25)23-18-9-5-6-16(22)13-18/h5-6,9-13,17,24H,2-4,7-8,14H2,1H3,(H,23,25). The lowest BCUT2D eigenvalue weighted by atomic mass is 9.96. The number of hydrogen-bond acceptors (Lipinski definition) is 4. The van der Waals surface area contributed by atoms with Gasteiger partial charge in [-0.1, -0.05) is 25.3 Å². The van der Waals surface area contributed by atoms with Gasteiger partial charge in [0.2, 0.25) is 10.0 Å². The van der Waals surface area contributed by atoms with Crippen LogP contribution >= 0.6 is 0 Å². The van der Waals surface area contributed by atoms with Gasteiger partial charge in [-0.05, 0) is 61.7 Å². The third-order valence-electron chi connectivity index (χ3n) is 4.85. The van der Waals surface area contributed by atoms with E-state index >= 15 is 0 Å². The van der Waals surface area contributed by atoms with E-state index in [2.05, 4.69) is 10.0 Å². The molecule has 0 unspecified atom stereocenters. The maximum atomic E-state index is 13.2. The van der Waals surface area contributed by atoms with E-state index in [9.17, 15) is 17.6 Å². The smallest absolute Gasteiger partial charge is 0.262 e. The molecule has 3 rings (SSSR count). The Labute approximate surface area is 170 Å². The zero-order valence-electron chi connectivity index (χ0n) is 16.3. The summed E-state index contributed by atoms with van der Waals surface area (Å²) in [6.07, 6.45) is 4.95. The highest BCUT2D eigenvalue weighted by molar-refractivity contribution is 7.89. The second-order valence-electron chi connectivity index (χ2n) is 7.23. The molecule has 0 radical (unpaired) electrons. The molecule has 0 atom stereocenters. The highest BCUT2D eigenvalue weighted by Gasteiger charge is 2.22. The molecule has 156 valence electrons. The average Bonchev–Trinajstić information content (AvgIpc) is 2.67. The van der Waals surface area contributed by atoms with Crippen LogP contribution in [0.3, 0.4) is 0 Å². The lowest BCUT2D eigenvalue weighted by Crippen LogP contribution is -2.36. The van der Waals surface area contributed by atoms with E-state index in [0.717, 1.165) is 32.1 Å². The fourth-order valence-corrected chi connectivity index (χ4v) is 4.76. The molecule has 1 aliphatic carbocycles. The van der Waals surface area contributed by atoms with E-state index in [1.807, 2.05) is 0 Å². The van der Waals surface area contributed by atoms with Crippen molar-refractivity contribution in [3.05, 3.63) is 53.8 Å². The van der Waals surface area contributed by atoms with Crippen LogP contribution in [-0.2, 0) is 14.8 Å². The molecular weight excluding hydrogens is 395 g/mol. The van der Waals surface area contributed by atoms with Crippen LogP contribution in [0.25, 0.3) is 0 Å². The third-order valence-corrected chi connectivity index (χ3v) is 6.37. The predicted molar refractivity (Wildman–Crippen MR) is 109 cm³/mol. The Morgan fingerprint density at radius 2 is 1.90 bits per heavy atom. The van der Waals surface area contributed by atoms with Gasteiger partial charge >= 0.3 is 0 Å². The molecule has 2 aromatic carbocycles. The minimum Gasteiger partial charge on any atom is -0.483 e. The number of anilines is 1. The van der Waals surface area contributed by atoms with Gasteiger partial charge in [-0.3, -0.25) is 4.79 Å². The molecule has 2 aromatic rings. The summed E-state index contributed by atoms with van der Waals surface area (Å²) in [4.78, 5) is 12.2. The summed E-state index contributed by atoms with van der Waals surface area (Å²) in [7, 11) is -3.60. The van der Waals surface area contributed by atoms with E-state index < -0.39 is 21.7 Å². The van der Waals surface area contributed by atoms with Crippen LogP contribution in [0.4, 0.5) is 10.1 Å². The summed E-state index contributed by atoms with van der Waals surface area (Å²) in [5.41, 5.74) is 0.945. The summed E-state index contributed by atoms with van der Waals surface area (Å²) in [5.74, 6) is -0.472. The SMILES string of the molecule is Cc1cc(S(=O)(=O)NC2CCCCC2)ccc1OCC(=O)Nc1cccc(F)c1. The van der Waals surface area contributed by atoms with Gasteiger partial charge in [-0.25, -0.2) is 17.5 Å². The number of sulfonamides is 1. The van der Waals surface area contributed by atoms with Crippen molar-refractivity contribution in [2.45, 2.75) is 50.0 Å². The molecule has 0 aromatic heterocycles. The number of carbonyl (C=O) groups excluding carboxylic acids is 1. The van der Waals surface area contributed by atoms with Gasteiger partial charge in [0.05, 0.1) is 4.90 Å². The van der Waals surface area contributed by atoms with Crippen molar-refractivity contribution in [1.29, 1.82) is 0 Å². The van der Waals surface area contributed by atoms with Crippen molar-refractivity contribution in [3.8, 4) is 5.75 Å². The van der Waals surface area contributed by atoms with Gasteiger partial charge < -0.3 is 10.1 Å². The van der Waals surface area contributed by atoms with Crippen molar-refractivity contribution >= 4 is 21.6 Å². The van der Waals surface area contributed by atoms with E-state index in [4.69, 9.17) is 4.74 Å². The van der Waals surface area contributed by atoms with Gasteiger partial charge in [0.25, 0.3) is 5.91 Å². The summed E-state index contributed by atoms with van der Waals surface area (Å²) >= 11 is 0. The maximum absolute atomic E-state index is 13.2. The molecule has 1 fully saturated rings. The van der Waals surface area contributed by atoms with Gasteiger partial charge in [0, 0.05) is 11.7 Å². The number of carbonyl (C=O) groups is 1. The second-order valence-corrected chi connectivity index (χ2v) is 8.94. The molecule has 0 bridgehead atoms. The normalized spacial score (nSPS) is 15.1. The molecule has 0 spiro atoms. The number of aryl methyl sites for hydroxylation is 1. The molecule has 1 aliphatic rings. The topological polar surface area (TPSA) is 84.5 Å². The Balaban J connectivity index is 1.59. The lowest BCUT2D eigenvalue weighted by molar-refractivity contribution is -0.118. The number of benzene rings is 2. The van der Waals surface area contributed by atoms with Crippen LogP contribution in [0, 0.1) is 12.7 Å². The molecule has 1 amide bonds. The molecule has 2 N–H and O–H groups in total. The number of hydrogen-bond donors (Lipinski definition) is 2. The number of nitrogens with one attached hydrogen (secondary N) is 2. The molecular formula is C21H25FN2O4S. The first-order chi connectivity index (χ1) is 13.8. The van der Waals surface area contributed by atoms with Crippen molar-refractivity contribution < 1.29 is 22.3 Å². The van der Waals surface area contributed by atoms with E-state index in [1.165, 1.54) is 30.3 Å². The largest absolute Gasteiger partial charge is 0.483 e. The molecule has 29 heavy (non-hydrogen) atoms. The van der Waals surface area contributed by atoms with Crippen LogP contribution in [-0.4, -0.2) is 27.0 Å². The Morgan fingerprint density at radius 1 is 1.14 bits per heavy atom. The summed E-state index contributed by atoms with van der Waals surface area (Å²) < 4.78 is 46.7. The van der Waals surface area contributed by atoms with Crippen molar-refractivity contribution in [2.24, 2.45) is 0 Å². The van der Waals surface area contributed by atoms with Crippen molar-refractivity contribution in [1.82, 2.24) is 4.72 Å². The zero-order chi connectivity index (χ0) is 20.9. The van der Waals surface area contributed by atoms with E-state index in [0.29, 0.717) is 17.0 Å². The van der Waals surface area contributed by atoms with E-state index in [1.54, 1.807) is 19.1 Å². The van der Waals surface area contributed by atoms with Crippen LogP contribution in [0.1, 0.15) is 37.7 Å². The molecule has 0 aliphatic heterocycles. The van der Waals surface area contributed by atoms with Crippen LogP contribution < -0.4 is 14.8 Å². The minimum absolute atomic E-state index is 0.0171. The second kappa shape index (κ2) is 9.37. The lowest BCUT2D eigenvalue weighted by Gasteiger charge is -2.22. The number of halogens is 1. The quantitative estimate of drug-likeness (QED) is 0.714. The zero-order valence-corrected chi connectivity index (χ0v) is 17.1. The monoisotopic (exact) mass is 420 g/mol. The van der Waals surface area contributed by atoms with E-state index in [-0.39, 0.29) is 17.5 Å². The first-order valence-corrected chi connectivity index (χ1v) is 11.1. The summed E-state index contributed by atoms with van der Waals surface area (Å²) in [6.45, 7) is 1.45. The molecule has 6 nitrogen and oxygen atoms in total. The third kappa shape index (κ3) is 6.01. The first-order valence-electron chi connectivity index (χ1n) is 9.65. The molecule has 8 heteroatoms. The van der Waals surface area contributed by atoms with Gasteiger partial charge in [0.15, 0.2) is 6.61 Å². The molecule has 0 heterocycles. The molecule has 1 saturated carbocycles. The first kappa shape index (κ1) is 21.3. The highest BCUT2D eigenvalue weighted by Crippen LogP contribution is 2.24. The summed E-state index contributed by atoms with van der Waals surface area (Å²) in [5, 5.41) is 2.54. The van der Waals surface area contributed by atoms with Crippen molar-refractivity contribution in [2.75, 3.05) is 11.9 Å². The minimum atomic E-state index is -3.60. The fourth-order valence-electron chi connectivity index (χ4n) is 3.37. The molecule has 0 saturated heterocycles. The number of amides is 1. The maximum Gasteiger partial charge on any atom is 0.262 e. The van der Waals surface area contributed by atoms with Crippen LogP contribution in [0.15, 0.2) is 47.4 Å². The average molecular weight is 421 g/mol. The Bertz CT molecular complexity index is 972. The van der Waals surface area contributed by atoms with Gasteiger partial charge in [-0.15, -0.1) is 0 Å². The predicted octanol–water partition coefficient (Wildman–Crippen LogP) is 3.76. The van der Waals surface area contributed by atoms with Crippen LogP contribution in [0.5, 0.6) is 5.75 Å². The number of rotatable bonds is 7. The Morgan fingerprint density at radius 3 is 2.59 bits per heavy atom. The van der Waals surface area contributed by atoms with Crippen LogP contribution in [0.2, 0.25) is 0 Å². The fraction of sp³-hybridized carbons (Fsp3) is 0.381. The Hall–Kier alpha value is -2.45.